The average molecular weight is 339 g/mol. The molecule has 0 bridgehead atoms. The molecule has 108 valence electrons. The zero-order valence-electron chi connectivity index (χ0n) is 11.3. The first kappa shape index (κ1) is 15.1. The average Bonchev–Trinajstić information content (AvgIpc) is 2.80. The van der Waals surface area contributed by atoms with E-state index in [1.807, 2.05) is 6.07 Å². The molecule has 1 aliphatic carbocycles. The number of aliphatic hydroxyl groups excluding tert-OH is 1. The monoisotopic (exact) mass is 338 g/mol. The topological polar surface area (TPSA) is 52.6 Å². The maximum atomic E-state index is 12.2. The molecule has 2 N–H and O–H groups in total. The second-order valence-corrected chi connectivity index (χ2v) is 5.76. The first-order valence-electron chi connectivity index (χ1n) is 6.71. The molecule has 1 aliphatic rings. The number of hydrogen-bond donors (Lipinski definition) is 2. The van der Waals surface area contributed by atoms with Crippen LogP contribution in [0.5, 0.6) is 0 Å². The molecule has 0 fully saturated rings. The van der Waals surface area contributed by atoms with E-state index in [1.165, 1.54) is 11.1 Å². The van der Waals surface area contributed by atoms with Gasteiger partial charge in [-0.15, -0.1) is 6.58 Å². The molecule has 1 aromatic carbocycles. The lowest BCUT2D eigenvalue weighted by Crippen LogP contribution is -2.42. The number of aryl methyl sites for hydroxylation is 1. The Bertz CT molecular complexity index is 505. The Balaban J connectivity index is 2.04. The Labute approximate surface area is 127 Å². The smallest absolute Gasteiger partial charge is 0.318 e. The predicted octanol–water partition coefficient (Wildman–Crippen LogP) is 2.63. The number of carbonyl (C=O) groups is 1. The molecule has 2 amide bonds. The fourth-order valence-electron chi connectivity index (χ4n) is 2.53. The Morgan fingerprint density at radius 3 is 3.10 bits per heavy atom. The standard InChI is InChI=1S/C15H19BrN2O2/c1-2-7-18(8-9-19)15(20)17-14-6-3-11-10-12(16)4-5-13(11)14/h2,4-5,10,14,19H,1,3,6-9H2,(H,17,20). The number of fused-ring (bicyclic) bond motifs is 1. The van der Waals surface area contributed by atoms with E-state index in [9.17, 15) is 4.79 Å². The minimum Gasteiger partial charge on any atom is -0.395 e. The van der Waals surface area contributed by atoms with E-state index in [0.717, 1.165) is 17.3 Å². The van der Waals surface area contributed by atoms with Crippen molar-refractivity contribution in [3.63, 3.8) is 0 Å². The van der Waals surface area contributed by atoms with Gasteiger partial charge < -0.3 is 15.3 Å². The van der Waals surface area contributed by atoms with Gasteiger partial charge >= 0.3 is 6.03 Å². The number of amides is 2. The summed E-state index contributed by atoms with van der Waals surface area (Å²) in [7, 11) is 0. The molecule has 4 nitrogen and oxygen atoms in total. The molecule has 20 heavy (non-hydrogen) atoms. The number of rotatable bonds is 5. The summed E-state index contributed by atoms with van der Waals surface area (Å²) in [4.78, 5) is 13.8. The summed E-state index contributed by atoms with van der Waals surface area (Å²) in [5.74, 6) is 0. The van der Waals surface area contributed by atoms with Gasteiger partial charge in [0.05, 0.1) is 12.6 Å². The van der Waals surface area contributed by atoms with Crippen LogP contribution in [-0.4, -0.2) is 35.7 Å². The maximum absolute atomic E-state index is 12.2. The van der Waals surface area contributed by atoms with E-state index < -0.39 is 0 Å². The number of benzene rings is 1. The highest BCUT2D eigenvalue weighted by Gasteiger charge is 2.25. The maximum Gasteiger partial charge on any atom is 0.318 e. The van der Waals surface area contributed by atoms with Crippen molar-refractivity contribution < 1.29 is 9.90 Å². The van der Waals surface area contributed by atoms with E-state index in [4.69, 9.17) is 5.11 Å². The molecule has 0 saturated heterocycles. The summed E-state index contributed by atoms with van der Waals surface area (Å²) in [5, 5.41) is 12.0. The molecule has 2 rings (SSSR count). The van der Waals surface area contributed by atoms with Gasteiger partial charge in [0.2, 0.25) is 0 Å². The van der Waals surface area contributed by atoms with Crippen LogP contribution in [0.1, 0.15) is 23.6 Å². The Kier molecular flexibility index (Phi) is 5.20. The van der Waals surface area contributed by atoms with Crippen molar-refractivity contribution in [1.82, 2.24) is 10.2 Å². The van der Waals surface area contributed by atoms with Gasteiger partial charge in [0, 0.05) is 17.6 Å². The van der Waals surface area contributed by atoms with Gasteiger partial charge in [0.25, 0.3) is 0 Å². The van der Waals surface area contributed by atoms with Gasteiger partial charge in [-0.3, -0.25) is 0 Å². The second kappa shape index (κ2) is 6.90. The predicted molar refractivity (Wildman–Crippen MR) is 82.6 cm³/mol. The lowest BCUT2D eigenvalue weighted by atomic mass is 10.1. The number of nitrogens with zero attached hydrogens (tertiary/aromatic N) is 1. The number of halogens is 1. The van der Waals surface area contributed by atoms with Crippen molar-refractivity contribution in [2.75, 3.05) is 19.7 Å². The van der Waals surface area contributed by atoms with Crippen LogP contribution >= 0.6 is 15.9 Å². The molecule has 0 saturated carbocycles. The largest absolute Gasteiger partial charge is 0.395 e. The number of aliphatic hydroxyl groups is 1. The minimum atomic E-state index is -0.153. The first-order valence-corrected chi connectivity index (χ1v) is 7.50. The van der Waals surface area contributed by atoms with Crippen LogP contribution in [0.2, 0.25) is 0 Å². The van der Waals surface area contributed by atoms with Crippen molar-refractivity contribution in [3.8, 4) is 0 Å². The summed E-state index contributed by atoms with van der Waals surface area (Å²) in [6, 6.07) is 6.06. The van der Waals surface area contributed by atoms with Crippen LogP contribution < -0.4 is 5.32 Å². The fraction of sp³-hybridized carbons (Fsp3) is 0.400. The van der Waals surface area contributed by atoms with E-state index in [2.05, 4.69) is 40.0 Å². The van der Waals surface area contributed by atoms with Gasteiger partial charge in [-0.25, -0.2) is 4.79 Å². The van der Waals surface area contributed by atoms with Gasteiger partial charge in [0.1, 0.15) is 0 Å². The highest BCUT2D eigenvalue weighted by Crippen LogP contribution is 2.32. The summed E-state index contributed by atoms with van der Waals surface area (Å²) < 4.78 is 1.07. The van der Waals surface area contributed by atoms with Crippen LogP contribution in [0.15, 0.2) is 35.3 Å². The number of nitrogens with one attached hydrogen (secondary N) is 1. The molecule has 1 unspecified atom stereocenters. The molecule has 0 spiro atoms. The van der Waals surface area contributed by atoms with E-state index in [-0.39, 0.29) is 18.7 Å². The number of hydrogen-bond acceptors (Lipinski definition) is 2. The number of urea groups is 1. The molecule has 0 heterocycles. The van der Waals surface area contributed by atoms with Crippen molar-refractivity contribution in [2.24, 2.45) is 0 Å². The zero-order valence-corrected chi connectivity index (χ0v) is 12.9. The van der Waals surface area contributed by atoms with Gasteiger partial charge in [0.15, 0.2) is 0 Å². The third-order valence-electron chi connectivity index (χ3n) is 3.49. The molecular weight excluding hydrogens is 320 g/mol. The van der Waals surface area contributed by atoms with E-state index in [1.54, 1.807) is 11.0 Å². The molecular formula is C15H19BrN2O2. The number of carbonyl (C=O) groups excluding carboxylic acids is 1. The van der Waals surface area contributed by atoms with Crippen molar-refractivity contribution in [2.45, 2.75) is 18.9 Å². The molecule has 1 aromatic rings. The van der Waals surface area contributed by atoms with Crippen LogP contribution in [0.25, 0.3) is 0 Å². The van der Waals surface area contributed by atoms with Crippen LogP contribution in [-0.2, 0) is 6.42 Å². The second-order valence-electron chi connectivity index (χ2n) is 4.84. The molecule has 1 atom stereocenters. The van der Waals surface area contributed by atoms with Crippen molar-refractivity contribution in [3.05, 3.63) is 46.5 Å². The van der Waals surface area contributed by atoms with Gasteiger partial charge in [-0.2, -0.15) is 0 Å². The molecule has 0 aromatic heterocycles. The van der Waals surface area contributed by atoms with Crippen LogP contribution in [0.4, 0.5) is 4.79 Å². The molecule has 0 aliphatic heterocycles. The van der Waals surface area contributed by atoms with Crippen LogP contribution in [0, 0.1) is 0 Å². The lowest BCUT2D eigenvalue weighted by molar-refractivity contribution is 0.180. The highest BCUT2D eigenvalue weighted by atomic mass is 79.9. The fourth-order valence-corrected chi connectivity index (χ4v) is 2.94. The Morgan fingerprint density at radius 2 is 2.40 bits per heavy atom. The van der Waals surface area contributed by atoms with Crippen molar-refractivity contribution >= 4 is 22.0 Å². The zero-order chi connectivity index (χ0) is 14.5. The third kappa shape index (κ3) is 3.41. The van der Waals surface area contributed by atoms with Gasteiger partial charge in [-0.1, -0.05) is 28.1 Å². The first-order chi connectivity index (χ1) is 9.65. The molecule has 0 radical (unpaired) electrons. The summed E-state index contributed by atoms with van der Waals surface area (Å²) >= 11 is 3.47. The highest BCUT2D eigenvalue weighted by molar-refractivity contribution is 9.10. The van der Waals surface area contributed by atoms with E-state index >= 15 is 0 Å². The van der Waals surface area contributed by atoms with Gasteiger partial charge in [-0.05, 0) is 36.1 Å². The summed E-state index contributed by atoms with van der Waals surface area (Å²) in [5.41, 5.74) is 2.46. The summed E-state index contributed by atoms with van der Waals surface area (Å²) in [6.45, 7) is 4.34. The normalized spacial score (nSPS) is 16.6. The Morgan fingerprint density at radius 1 is 1.60 bits per heavy atom. The SMILES string of the molecule is C=CCN(CCO)C(=O)NC1CCc2cc(Br)ccc21. The lowest BCUT2D eigenvalue weighted by Gasteiger charge is -2.23. The summed E-state index contributed by atoms with van der Waals surface area (Å²) in [6.07, 6.45) is 3.55. The third-order valence-corrected chi connectivity index (χ3v) is 3.98. The minimum absolute atomic E-state index is 0.0462. The van der Waals surface area contributed by atoms with Crippen molar-refractivity contribution in [1.29, 1.82) is 0 Å². The quantitative estimate of drug-likeness (QED) is 0.811. The van der Waals surface area contributed by atoms with E-state index in [0.29, 0.717) is 13.1 Å². The Hall–Kier alpha value is -1.33. The molecule has 5 heteroatoms. The van der Waals surface area contributed by atoms with Crippen LogP contribution in [0.3, 0.4) is 0 Å².